The Morgan fingerprint density at radius 2 is 1.60 bits per heavy atom. The van der Waals surface area contributed by atoms with Crippen molar-refractivity contribution in [2.24, 2.45) is 16.8 Å². The van der Waals surface area contributed by atoms with Crippen molar-refractivity contribution < 1.29 is 0 Å². The van der Waals surface area contributed by atoms with Gasteiger partial charge in [-0.1, -0.05) is 48.5 Å². The lowest BCUT2D eigenvalue weighted by atomic mass is 9.93. The molecule has 0 heterocycles. The molecule has 0 aromatic heterocycles. The highest BCUT2D eigenvalue weighted by Crippen LogP contribution is 2.34. The van der Waals surface area contributed by atoms with E-state index in [0.29, 0.717) is 0 Å². The predicted molar refractivity (Wildman–Crippen MR) is 78.6 cm³/mol. The molecule has 0 radical (unpaired) electrons. The minimum Gasteiger partial charge on any atom is -0.324 e. The van der Waals surface area contributed by atoms with Crippen LogP contribution in [-0.2, 0) is 0 Å². The Hall–Kier alpha value is -2.28. The highest BCUT2D eigenvalue weighted by atomic mass is 15.3. The lowest BCUT2D eigenvalue weighted by molar-refractivity contribution is 0.449. The number of hydrogen-bond acceptors (Lipinski definition) is 6. The van der Waals surface area contributed by atoms with Gasteiger partial charge in [-0.2, -0.15) is 5.11 Å². The van der Waals surface area contributed by atoms with Crippen LogP contribution >= 0.6 is 0 Å². The molecule has 0 fully saturated rings. The lowest BCUT2D eigenvalue weighted by Crippen LogP contribution is -2.32. The molecule has 0 aliphatic heterocycles. The highest BCUT2D eigenvalue weighted by Gasteiger charge is 2.25. The minimum atomic E-state index is -0.421. The number of anilines is 1. The van der Waals surface area contributed by atoms with Gasteiger partial charge in [0.15, 0.2) is 0 Å². The second kappa shape index (κ2) is 6.76. The molecule has 0 aliphatic carbocycles. The van der Waals surface area contributed by atoms with Crippen LogP contribution in [0.5, 0.6) is 0 Å². The predicted octanol–water partition coefficient (Wildman–Crippen LogP) is 2.25. The van der Waals surface area contributed by atoms with Crippen molar-refractivity contribution in [1.82, 2.24) is 5.43 Å². The fraction of sp³-hybridized carbons (Fsp3) is 0.143. The summed E-state index contributed by atoms with van der Waals surface area (Å²) in [5.74, 6) is 11.2. The molecule has 2 aromatic rings. The molecule has 2 atom stereocenters. The van der Waals surface area contributed by atoms with Crippen molar-refractivity contribution in [2.45, 2.75) is 12.1 Å². The Morgan fingerprint density at radius 3 is 2.20 bits per heavy atom. The van der Waals surface area contributed by atoms with Crippen LogP contribution < -0.4 is 22.5 Å². The normalized spacial score (nSPS) is 13.5. The molecule has 6 heteroatoms. The third-order valence-electron chi connectivity index (χ3n) is 3.23. The van der Waals surface area contributed by atoms with Crippen molar-refractivity contribution in [3.8, 4) is 0 Å². The van der Waals surface area contributed by atoms with Crippen molar-refractivity contribution in [1.29, 1.82) is 5.53 Å². The van der Waals surface area contributed by atoms with Gasteiger partial charge in [-0.05, 0) is 17.2 Å². The Morgan fingerprint density at radius 1 is 0.950 bits per heavy atom. The number of benzene rings is 2. The molecule has 2 unspecified atom stereocenters. The van der Waals surface area contributed by atoms with E-state index >= 15 is 0 Å². The molecule has 2 rings (SSSR count). The summed E-state index contributed by atoms with van der Waals surface area (Å²) in [7, 11) is 0. The van der Waals surface area contributed by atoms with Crippen LogP contribution in [0.2, 0.25) is 0 Å². The maximum absolute atomic E-state index is 7.49. The van der Waals surface area contributed by atoms with Crippen LogP contribution in [0.3, 0.4) is 0 Å². The van der Waals surface area contributed by atoms with E-state index in [9.17, 15) is 0 Å². The summed E-state index contributed by atoms with van der Waals surface area (Å²) in [5, 5.41) is 3.72. The standard InChI is InChI=1S/C14H18N6/c15-18-12-9-5-4-8-11(12)14(20-17)13(19-16)10-6-2-1-3-7-10/h1-9,13-14,16,18,20H,15,17H2. The average molecular weight is 270 g/mol. The van der Waals surface area contributed by atoms with Gasteiger partial charge in [-0.3, -0.25) is 17.1 Å². The topological polar surface area (TPSA) is 112 Å². The van der Waals surface area contributed by atoms with Gasteiger partial charge in [0, 0.05) is 0 Å². The number of hydrogen-bond donors (Lipinski definition) is 5. The smallest absolute Gasteiger partial charge is 0.116 e. The minimum absolute atomic E-state index is 0.345. The van der Waals surface area contributed by atoms with Crippen LogP contribution in [0.4, 0.5) is 5.69 Å². The van der Waals surface area contributed by atoms with E-state index in [0.717, 1.165) is 16.8 Å². The average Bonchev–Trinajstić information content (AvgIpc) is 2.53. The van der Waals surface area contributed by atoms with Crippen molar-refractivity contribution in [3.63, 3.8) is 0 Å². The summed E-state index contributed by atoms with van der Waals surface area (Å²) < 4.78 is 0. The molecular formula is C14H18N6. The zero-order chi connectivity index (χ0) is 14.4. The number of nitrogens with two attached hydrogens (primary N) is 2. The Labute approximate surface area is 117 Å². The number of hydrazine groups is 2. The van der Waals surface area contributed by atoms with Gasteiger partial charge in [0.2, 0.25) is 0 Å². The molecule has 7 N–H and O–H groups in total. The maximum Gasteiger partial charge on any atom is 0.116 e. The van der Waals surface area contributed by atoms with Gasteiger partial charge in [-0.25, -0.2) is 5.53 Å². The molecule has 20 heavy (non-hydrogen) atoms. The quantitative estimate of drug-likeness (QED) is 0.315. The van der Waals surface area contributed by atoms with Gasteiger partial charge in [-0.15, -0.1) is 0 Å². The molecular weight excluding hydrogens is 252 g/mol. The van der Waals surface area contributed by atoms with Crippen molar-refractivity contribution >= 4 is 5.69 Å². The zero-order valence-electron chi connectivity index (χ0n) is 11.0. The molecule has 2 aromatic carbocycles. The van der Waals surface area contributed by atoms with Crippen LogP contribution in [0, 0.1) is 5.53 Å². The molecule has 0 saturated heterocycles. The summed E-state index contributed by atoms with van der Waals surface area (Å²) in [6.45, 7) is 0. The maximum atomic E-state index is 7.49. The van der Waals surface area contributed by atoms with E-state index in [-0.39, 0.29) is 6.04 Å². The second-order valence-electron chi connectivity index (χ2n) is 4.36. The summed E-state index contributed by atoms with van der Waals surface area (Å²) in [5.41, 5.74) is 15.4. The first-order valence-corrected chi connectivity index (χ1v) is 6.25. The van der Waals surface area contributed by atoms with E-state index in [1.54, 1.807) is 0 Å². The molecule has 104 valence electrons. The number of para-hydroxylation sites is 1. The SMILES string of the molecule is N=NC(c1ccccc1)C(NN)c1ccccc1NN. The van der Waals surface area contributed by atoms with Gasteiger partial charge in [0.05, 0.1) is 11.7 Å². The van der Waals surface area contributed by atoms with E-state index in [2.05, 4.69) is 16.0 Å². The van der Waals surface area contributed by atoms with E-state index in [4.69, 9.17) is 17.2 Å². The molecule has 0 aliphatic rings. The van der Waals surface area contributed by atoms with E-state index < -0.39 is 6.04 Å². The second-order valence-corrected chi connectivity index (χ2v) is 4.36. The third-order valence-corrected chi connectivity index (χ3v) is 3.23. The summed E-state index contributed by atoms with van der Waals surface area (Å²) in [6.07, 6.45) is 0. The van der Waals surface area contributed by atoms with Crippen molar-refractivity contribution in [3.05, 3.63) is 65.7 Å². The first-order valence-electron chi connectivity index (χ1n) is 6.25. The number of nitrogen functional groups attached to an aromatic ring is 1. The van der Waals surface area contributed by atoms with Crippen LogP contribution in [0.15, 0.2) is 59.7 Å². The Bertz CT molecular complexity index is 557. The highest BCUT2D eigenvalue weighted by molar-refractivity contribution is 5.52. The monoisotopic (exact) mass is 270 g/mol. The van der Waals surface area contributed by atoms with Crippen molar-refractivity contribution in [2.75, 3.05) is 5.43 Å². The third kappa shape index (κ3) is 2.83. The first-order chi connectivity index (χ1) is 9.81. The van der Waals surface area contributed by atoms with Crippen LogP contribution in [0.25, 0.3) is 0 Å². The van der Waals surface area contributed by atoms with E-state index in [1.807, 2.05) is 54.6 Å². The summed E-state index contributed by atoms with van der Waals surface area (Å²) >= 11 is 0. The Kier molecular flexibility index (Phi) is 4.78. The number of rotatable bonds is 6. The van der Waals surface area contributed by atoms with Gasteiger partial charge in [0.25, 0.3) is 0 Å². The molecule has 0 amide bonds. The van der Waals surface area contributed by atoms with Crippen LogP contribution in [0.1, 0.15) is 23.2 Å². The van der Waals surface area contributed by atoms with Gasteiger partial charge in [0.1, 0.15) is 6.04 Å². The lowest BCUT2D eigenvalue weighted by Gasteiger charge is -2.24. The van der Waals surface area contributed by atoms with Gasteiger partial charge < -0.3 is 5.43 Å². The Balaban J connectivity index is 2.42. The molecule has 0 spiro atoms. The molecule has 6 nitrogen and oxygen atoms in total. The summed E-state index contributed by atoms with van der Waals surface area (Å²) in [4.78, 5) is 0. The number of nitrogens with zero attached hydrogens (tertiary/aromatic N) is 1. The molecule has 0 saturated carbocycles. The first kappa shape index (κ1) is 14.1. The molecule has 0 bridgehead atoms. The largest absolute Gasteiger partial charge is 0.324 e. The van der Waals surface area contributed by atoms with Gasteiger partial charge >= 0.3 is 0 Å². The fourth-order valence-electron chi connectivity index (χ4n) is 2.24. The number of nitrogens with one attached hydrogen (secondary N) is 3. The summed E-state index contributed by atoms with van der Waals surface area (Å²) in [6, 6.07) is 16.4. The van der Waals surface area contributed by atoms with Crippen LogP contribution in [-0.4, -0.2) is 0 Å². The van der Waals surface area contributed by atoms with E-state index in [1.165, 1.54) is 0 Å². The fourth-order valence-corrected chi connectivity index (χ4v) is 2.24. The zero-order valence-corrected chi connectivity index (χ0v) is 11.0.